The zero-order valence-electron chi connectivity index (χ0n) is 15.7. The first-order valence-electron chi connectivity index (χ1n) is 9.29. The Hall–Kier alpha value is -2.38. The molecule has 0 saturated carbocycles. The molecule has 2 aromatic rings. The van der Waals surface area contributed by atoms with Gasteiger partial charge in [0.15, 0.2) is 0 Å². The molecule has 2 aromatic carbocycles. The third-order valence-corrected chi connectivity index (χ3v) is 4.95. The molecular formula is C21H24F3N2O2+. The van der Waals surface area contributed by atoms with E-state index in [1.807, 2.05) is 31.2 Å². The standard InChI is InChI=1S/C21H23F3N2O2/c1-15-2-4-16(5-3-15)19(14-26-10-12-28-13-11-26)25-20(27)17-6-8-18(9-7-17)21(22,23)24/h2-9,19H,10-14H2,1H3,(H,25,27)/p+1/t19-/m0/s1. The number of amides is 1. The van der Waals surface area contributed by atoms with Crippen molar-refractivity contribution in [1.29, 1.82) is 0 Å². The molecule has 0 radical (unpaired) electrons. The van der Waals surface area contributed by atoms with Crippen LogP contribution in [0.5, 0.6) is 0 Å². The number of rotatable bonds is 5. The highest BCUT2D eigenvalue weighted by Gasteiger charge is 2.30. The van der Waals surface area contributed by atoms with E-state index in [9.17, 15) is 18.0 Å². The van der Waals surface area contributed by atoms with E-state index < -0.39 is 11.7 Å². The topological polar surface area (TPSA) is 42.8 Å². The first kappa shape index (κ1) is 20.4. The molecule has 1 heterocycles. The van der Waals surface area contributed by atoms with E-state index in [2.05, 4.69) is 5.32 Å². The fraction of sp³-hybridized carbons (Fsp3) is 0.381. The number of carbonyl (C=O) groups is 1. The molecule has 1 aliphatic rings. The lowest BCUT2D eigenvalue weighted by atomic mass is 10.0. The SMILES string of the molecule is Cc1ccc([C@H](C[NH+]2CCOCC2)NC(=O)c2ccc(C(F)(F)F)cc2)cc1. The molecule has 28 heavy (non-hydrogen) atoms. The maximum absolute atomic E-state index is 12.7. The van der Waals surface area contributed by atoms with Gasteiger partial charge in [0.1, 0.15) is 25.7 Å². The smallest absolute Gasteiger partial charge is 0.370 e. The summed E-state index contributed by atoms with van der Waals surface area (Å²) >= 11 is 0. The fourth-order valence-corrected chi connectivity index (χ4v) is 3.26. The summed E-state index contributed by atoms with van der Waals surface area (Å²) in [5.74, 6) is -0.382. The molecular weight excluding hydrogens is 369 g/mol. The predicted octanol–water partition coefficient (Wildman–Crippen LogP) is 2.40. The fourth-order valence-electron chi connectivity index (χ4n) is 3.26. The number of quaternary nitrogens is 1. The number of alkyl halides is 3. The Kier molecular flexibility index (Phi) is 6.36. The highest BCUT2D eigenvalue weighted by Crippen LogP contribution is 2.29. The molecule has 0 aromatic heterocycles. The second-order valence-corrected chi connectivity index (χ2v) is 7.08. The highest BCUT2D eigenvalue weighted by molar-refractivity contribution is 5.94. The molecule has 1 amide bonds. The molecule has 0 spiro atoms. The second-order valence-electron chi connectivity index (χ2n) is 7.08. The molecule has 2 N–H and O–H groups in total. The van der Waals surface area contributed by atoms with Crippen LogP contribution in [0.15, 0.2) is 48.5 Å². The van der Waals surface area contributed by atoms with Gasteiger partial charge in [0.2, 0.25) is 0 Å². The number of hydrogen-bond donors (Lipinski definition) is 2. The minimum absolute atomic E-state index is 0.210. The summed E-state index contributed by atoms with van der Waals surface area (Å²) in [4.78, 5) is 14.0. The lowest BCUT2D eigenvalue weighted by Gasteiger charge is -2.28. The van der Waals surface area contributed by atoms with E-state index in [4.69, 9.17) is 4.74 Å². The minimum Gasteiger partial charge on any atom is -0.370 e. The van der Waals surface area contributed by atoms with Crippen LogP contribution >= 0.6 is 0 Å². The Balaban J connectivity index is 1.75. The number of benzene rings is 2. The molecule has 3 rings (SSSR count). The molecule has 1 saturated heterocycles. The Bertz CT molecular complexity index is 783. The van der Waals surface area contributed by atoms with Gasteiger partial charge in [-0.05, 0) is 36.8 Å². The van der Waals surface area contributed by atoms with Crippen LogP contribution in [0, 0.1) is 6.92 Å². The van der Waals surface area contributed by atoms with Crippen molar-refractivity contribution in [3.8, 4) is 0 Å². The molecule has 150 valence electrons. The molecule has 1 aliphatic heterocycles. The van der Waals surface area contributed by atoms with Gasteiger partial charge in [-0.1, -0.05) is 29.8 Å². The monoisotopic (exact) mass is 393 g/mol. The number of hydrogen-bond acceptors (Lipinski definition) is 2. The van der Waals surface area contributed by atoms with Crippen molar-refractivity contribution in [1.82, 2.24) is 5.32 Å². The van der Waals surface area contributed by atoms with Crippen molar-refractivity contribution in [2.24, 2.45) is 0 Å². The van der Waals surface area contributed by atoms with Crippen molar-refractivity contribution >= 4 is 5.91 Å². The average Bonchev–Trinajstić information content (AvgIpc) is 2.68. The summed E-state index contributed by atoms with van der Waals surface area (Å²) in [6.45, 7) is 5.77. The lowest BCUT2D eigenvalue weighted by Crippen LogP contribution is -3.14. The van der Waals surface area contributed by atoms with E-state index in [-0.39, 0.29) is 17.5 Å². The van der Waals surface area contributed by atoms with Gasteiger partial charge in [-0.25, -0.2) is 0 Å². The zero-order chi connectivity index (χ0) is 20.1. The van der Waals surface area contributed by atoms with Crippen LogP contribution in [0.3, 0.4) is 0 Å². The van der Waals surface area contributed by atoms with Gasteiger partial charge in [0, 0.05) is 5.56 Å². The summed E-state index contributed by atoms with van der Waals surface area (Å²) < 4.78 is 43.6. The van der Waals surface area contributed by atoms with Crippen molar-refractivity contribution in [3.63, 3.8) is 0 Å². The Labute approximate surface area is 162 Å². The van der Waals surface area contributed by atoms with E-state index in [0.717, 1.165) is 36.3 Å². The van der Waals surface area contributed by atoms with Crippen LogP contribution in [0.25, 0.3) is 0 Å². The van der Waals surface area contributed by atoms with Gasteiger partial charge in [0.25, 0.3) is 5.91 Å². The number of ether oxygens (including phenoxy) is 1. The molecule has 1 fully saturated rings. The second kappa shape index (κ2) is 8.75. The van der Waals surface area contributed by atoms with Crippen molar-refractivity contribution in [3.05, 3.63) is 70.8 Å². The normalized spacial score (nSPS) is 16.6. The largest absolute Gasteiger partial charge is 0.416 e. The predicted molar refractivity (Wildman–Crippen MR) is 99.2 cm³/mol. The molecule has 0 bridgehead atoms. The Morgan fingerprint density at radius 1 is 1.07 bits per heavy atom. The number of carbonyl (C=O) groups excluding carboxylic acids is 1. The molecule has 4 nitrogen and oxygen atoms in total. The quantitative estimate of drug-likeness (QED) is 0.819. The number of halogens is 3. The number of morpholine rings is 1. The summed E-state index contributed by atoms with van der Waals surface area (Å²) in [6.07, 6.45) is -4.42. The molecule has 0 aliphatic carbocycles. The van der Waals surface area contributed by atoms with E-state index >= 15 is 0 Å². The van der Waals surface area contributed by atoms with Crippen LogP contribution in [-0.4, -0.2) is 38.8 Å². The number of aryl methyl sites for hydroxylation is 1. The third kappa shape index (κ3) is 5.33. The zero-order valence-corrected chi connectivity index (χ0v) is 15.7. The maximum atomic E-state index is 12.7. The van der Waals surface area contributed by atoms with Gasteiger partial charge in [-0.2, -0.15) is 13.2 Å². The van der Waals surface area contributed by atoms with Crippen LogP contribution in [0.1, 0.15) is 33.1 Å². The number of nitrogens with one attached hydrogen (secondary N) is 2. The van der Waals surface area contributed by atoms with Gasteiger partial charge in [-0.15, -0.1) is 0 Å². The molecule has 0 unspecified atom stereocenters. The summed E-state index contributed by atoms with van der Waals surface area (Å²) in [5, 5.41) is 2.99. The highest BCUT2D eigenvalue weighted by atomic mass is 19.4. The Morgan fingerprint density at radius 2 is 1.68 bits per heavy atom. The molecule has 7 heteroatoms. The Morgan fingerprint density at radius 3 is 2.25 bits per heavy atom. The molecule has 1 atom stereocenters. The van der Waals surface area contributed by atoms with Crippen LogP contribution in [0.2, 0.25) is 0 Å². The van der Waals surface area contributed by atoms with Gasteiger partial charge >= 0.3 is 6.18 Å². The van der Waals surface area contributed by atoms with Gasteiger partial charge < -0.3 is 15.0 Å². The average molecular weight is 393 g/mol. The lowest BCUT2D eigenvalue weighted by molar-refractivity contribution is -0.909. The van der Waals surface area contributed by atoms with E-state index in [1.165, 1.54) is 17.0 Å². The van der Waals surface area contributed by atoms with Crippen molar-refractivity contribution in [2.75, 3.05) is 32.8 Å². The van der Waals surface area contributed by atoms with E-state index in [0.29, 0.717) is 19.8 Å². The summed E-state index contributed by atoms with van der Waals surface area (Å²) in [7, 11) is 0. The first-order chi connectivity index (χ1) is 13.3. The minimum atomic E-state index is -4.42. The van der Waals surface area contributed by atoms with Gasteiger partial charge in [0.05, 0.1) is 18.8 Å². The van der Waals surface area contributed by atoms with Gasteiger partial charge in [-0.3, -0.25) is 4.79 Å². The maximum Gasteiger partial charge on any atom is 0.416 e. The van der Waals surface area contributed by atoms with Crippen molar-refractivity contribution < 1.29 is 27.6 Å². The van der Waals surface area contributed by atoms with E-state index in [1.54, 1.807) is 0 Å². The van der Waals surface area contributed by atoms with Crippen LogP contribution in [0.4, 0.5) is 13.2 Å². The third-order valence-electron chi connectivity index (χ3n) is 4.95. The van der Waals surface area contributed by atoms with Crippen LogP contribution < -0.4 is 10.2 Å². The van der Waals surface area contributed by atoms with Crippen LogP contribution in [-0.2, 0) is 10.9 Å². The first-order valence-corrected chi connectivity index (χ1v) is 9.29. The summed E-state index contributed by atoms with van der Waals surface area (Å²) in [6, 6.07) is 12.0. The van der Waals surface area contributed by atoms with Crippen molar-refractivity contribution in [2.45, 2.75) is 19.1 Å². The summed E-state index contributed by atoms with van der Waals surface area (Å²) in [5.41, 5.74) is 1.54.